The summed E-state index contributed by atoms with van der Waals surface area (Å²) in [6.07, 6.45) is 7.94. The third-order valence-corrected chi connectivity index (χ3v) is 2.20. The van der Waals surface area contributed by atoms with Gasteiger partial charge in [0.15, 0.2) is 0 Å². The molecule has 0 aromatic carbocycles. The molecule has 0 radical (unpaired) electrons. The van der Waals surface area contributed by atoms with Crippen molar-refractivity contribution in [3.05, 3.63) is 23.3 Å². The van der Waals surface area contributed by atoms with Crippen LogP contribution in [0, 0.1) is 0 Å². The second-order valence-electron chi connectivity index (χ2n) is 3.65. The Morgan fingerprint density at radius 1 is 1.00 bits per heavy atom. The summed E-state index contributed by atoms with van der Waals surface area (Å²) in [6, 6.07) is 0. The molecule has 0 bridgehead atoms. The van der Waals surface area contributed by atoms with Gasteiger partial charge in [-0.3, -0.25) is 0 Å². The van der Waals surface area contributed by atoms with E-state index < -0.39 is 0 Å². The molecule has 0 amide bonds. The highest BCUT2D eigenvalue weighted by atomic mass is 16.3. The number of rotatable bonds is 7. The van der Waals surface area contributed by atoms with E-state index in [1.165, 1.54) is 11.1 Å². The van der Waals surface area contributed by atoms with Crippen molar-refractivity contribution in [2.45, 2.75) is 39.5 Å². The second-order valence-corrected chi connectivity index (χ2v) is 3.65. The first-order valence-corrected chi connectivity index (χ1v) is 5.23. The molecule has 0 aromatic rings. The molecule has 2 heteroatoms. The maximum absolute atomic E-state index is 8.64. The molecule has 0 aromatic heterocycles. The van der Waals surface area contributed by atoms with Crippen molar-refractivity contribution in [1.29, 1.82) is 0 Å². The Bertz CT molecular complexity index is 192. The van der Waals surface area contributed by atoms with Gasteiger partial charge in [-0.05, 0) is 39.5 Å². The normalized spacial score (nSPS) is 13.4. The van der Waals surface area contributed by atoms with Gasteiger partial charge in [-0.25, -0.2) is 0 Å². The van der Waals surface area contributed by atoms with Gasteiger partial charge in [0.05, 0.1) is 6.61 Å². The van der Waals surface area contributed by atoms with Gasteiger partial charge in [0, 0.05) is 6.61 Å². The van der Waals surface area contributed by atoms with Gasteiger partial charge in [-0.1, -0.05) is 23.3 Å². The summed E-state index contributed by atoms with van der Waals surface area (Å²) in [5, 5.41) is 17.3. The van der Waals surface area contributed by atoms with Crippen LogP contribution in [0.25, 0.3) is 0 Å². The van der Waals surface area contributed by atoms with Crippen molar-refractivity contribution in [3.8, 4) is 0 Å². The van der Waals surface area contributed by atoms with Gasteiger partial charge in [-0.2, -0.15) is 0 Å². The number of hydrogen-bond acceptors (Lipinski definition) is 2. The van der Waals surface area contributed by atoms with Crippen LogP contribution in [0.1, 0.15) is 39.5 Å². The minimum Gasteiger partial charge on any atom is -0.396 e. The van der Waals surface area contributed by atoms with Crippen LogP contribution in [0.2, 0.25) is 0 Å². The molecule has 2 N–H and O–H groups in total. The van der Waals surface area contributed by atoms with E-state index in [0.717, 1.165) is 25.7 Å². The standard InChI is InChI=1S/C12H22O2/c1-11(7-4-9-13)5-3-6-12(2)8-10-14/h5,8,13-14H,3-4,6-7,9-10H2,1-2H3. The van der Waals surface area contributed by atoms with Crippen LogP contribution >= 0.6 is 0 Å². The van der Waals surface area contributed by atoms with Crippen LogP contribution in [0.4, 0.5) is 0 Å². The Hall–Kier alpha value is -0.600. The van der Waals surface area contributed by atoms with E-state index in [4.69, 9.17) is 10.2 Å². The molecule has 2 nitrogen and oxygen atoms in total. The zero-order chi connectivity index (χ0) is 10.8. The van der Waals surface area contributed by atoms with E-state index in [2.05, 4.69) is 13.0 Å². The molecule has 0 saturated carbocycles. The topological polar surface area (TPSA) is 40.5 Å². The van der Waals surface area contributed by atoms with Crippen molar-refractivity contribution in [1.82, 2.24) is 0 Å². The summed E-state index contributed by atoms with van der Waals surface area (Å²) in [4.78, 5) is 0. The number of aliphatic hydroxyl groups excluding tert-OH is 2. The summed E-state index contributed by atoms with van der Waals surface area (Å²) in [5.41, 5.74) is 2.58. The average molecular weight is 198 g/mol. The van der Waals surface area contributed by atoms with E-state index >= 15 is 0 Å². The Morgan fingerprint density at radius 2 is 1.64 bits per heavy atom. The van der Waals surface area contributed by atoms with Crippen LogP contribution in [0.5, 0.6) is 0 Å². The molecular weight excluding hydrogens is 176 g/mol. The van der Waals surface area contributed by atoms with E-state index in [-0.39, 0.29) is 13.2 Å². The zero-order valence-corrected chi connectivity index (χ0v) is 9.29. The largest absolute Gasteiger partial charge is 0.396 e. The molecule has 0 unspecified atom stereocenters. The highest BCUT2D eigenvalue weighted by Crippen LogP contribution is 2.09. The quantitative estimate of drug-likeness (QED) is 0.617. The fourth-order valence-corrected chi connectivity index (χ4v) is 1.26. The number of hydrogen-bond donors (Lipinski definition) is 2. The summed E-state index contributed by atoms with van der Waals surface area (Å²) < 4.78 is 0. The first-order valence-electron chi connectivity index (χ1n) is 5.23. The Kier molecular flexibility index (Phi) is 8.59. The minimum absolute atomic E-state index is 0.138. The molecule has 0 fully saturated rings. The molecule has 0 aliphatic carbocycles. The van der Waals surface area contributed by atoms with E-state index in [9.17, 15) is 0 Å². The molecule has 0 rings (SSSR count). The first-order chi connectivity index (χ1) is 6.70. The Morgan fingerprint density at radius 3 is 2.21 bits per heavy atom. The number of allylic oxidation sites excluding steroid dienone is 3. The van der Waals surface area contributed by atoms with Crippen molar-refractivity contribution in [2.24, 2.45) is 0 Å². The molecule has 0 aliphatic rings. The highest BCUT2D eigenvalue weighted by molar-refractivity contribution is 5.03. The first kappa shape index (κ1) is 13.4. The maximum Gasteiger partial charge on any atom is 0.0614 e. The highest BCUT2D eigenvalue weighted by Gasteiger charge is 1.91. The van der Waals surface area contributed by atoms with Crippen molar-refractivity contribution in [2.75, 3.05) is 13.2 Å². The van der Waals surface area contributed by atoms with Crippen LogP contribution < -0.4 is 0 Å². The Balaban J connectivity index is 3.64. The lowest BCUT2D eigenvalue weighted by atomic mass is 10.1. The second kappa shape index (κ2) is 8.97. The third kappa shape index (κ3) is 8.02. The molecule has 82 valence electrons. The lowest BCUT2D eigenvalue weighted by Gasteiger charge is -2.00. The predicted molar refractivity (Wildman–Crippen MR) is 60.2 cm³/mol. The average Bonchev–Trinajstić information content (AvgIpc) is 2.15. The van der Waals surface area contributed by atoms with Crippen molar-refractivity contribution in [3.63, 3.8) is 0 Å². The van der Waals surface area contributed by atoms with Crippen LogP contribution in [0.15, 0.2) is 23.3 Å². The van der Waals surface area contributed by atoms with Gasteiger partial charge >= 0.3 is 0 Å². The molecule has 14 heavy (non-hydrogen) atoms. The van der Waals surface area contributed by atoms with E-state index in [1.54, 1.807) is 0 Å². The molecule has 0 heterocycles. The minimum atomic E-state index is 0.138. The fraction of sp³-hybridized carbons (Fsp3) is 0.667. The smallest absolute Gasteiger partial charge is 0.0614 e. The predicted octanol–water partition coefficient (Wildman–Crippen LogP) is 2.42. The van der Waals surface area contributed by atoms with Gasteiger partial charge in [-0.15, -0.1) is 0 Å². The molecule has 0 spiro atoms. The van der Waals surface area contributed by atoms with E-state index in [0.29, 0.717) is 0 Å². The van der Waals surface area contributed by atoms with Crippen LogP contribution in [-0.4, -0.2) is 23.4 Å². The Labute approximate surface area is 87.0 Å². The van der Waals surface area contributed by atoms with Gasteiger partial charge in [0.25, 0.3) is 0 Å². The van der Waals surface area contributed by atoms with Crippen LogP contribution in [0.3, 0.4) is 0 Å². The van der Waals surface area contributed by atoms with Gasteiger partial charge in [0.2, 0.25) is 0 Å². The van der Waals surface area contributed by atoms with Gasteiger partial charge < -0.3 is 10.2 Å². The van der Waals surface area contributed by atoms with E-state index in [1.807, 2.05) is 13.0 Å². The van der Waals surface area contributed by atoms with Crippen molar-refractivity contribution < 1.29 is 10.2 Å². The van der Waals surface area contributed by atoms with Gasteiger partial charge in [0.1, 0.15) is 0 Å². The summed E-state index contributed by atoms with van der Waals surface area (Å²) >= 11 is 0. The molecular formula is C12H22O2. The lowest BCUT2D eigenvalue weighted by molar-refractivity contribution is 0.288. The zero-order valence-electron chi connectivity index (χ0n) is 9.29. The lowest BCUT2D eigenvalue weighted by Crippen LogP contribution is -1.85. The third-order valence-electron chi connectivity index (χ3n) is 2.20. The van der Waals surface area contributed by atoms with Crippen molar-refractivity contribution >= 4 is 0 Å². The monoisotopic (exact) mass is 198 g/mol. The van der Waals surface area contributed by atoms with Crippen LogP contribution in [-0.2, 0) is 0 Å². The fourth-order valence-electron chi connectivity index (χ4n) is 1.26. The molecule has 0 aliphatic heterocycles. The number of aliphatic hydroxyl groups is 2. The SMILES string of the molecule is CC(=CCO)CCC=C(C)CCCO. The maximum atomic E-state index is 8.64. The summed E-state index contributed by atoms with van der Waals surface area (Å²) in [5.74, 6) is 0. The molecule has 0 atom stereocenters. The summed E-state index contributed by atoms with van der Waals surface area (Å²) in [7, 11) is 0. The summed E-state index contributed by atoms with van der Waals surface area (Å²) in [6.45, 7) is 4.54. The molecule has 0 saturated heterocycles.